The monoisotopic (exact) mass is 382 g/mol. The van der Waals surface area contributed by atoms with Crippen molar-refractivity contribution in [1.29, 1.82) is 0 Å². The molecular formula is C18H18N6O2S. The zero-order valence-corrected chi connectivity index (χ0v) is 15.6. The highest BCUT2D eigenvalue weighted by Crippen LogP contribution is 2.28. The van der Waals surface area contributed by atoms with Crippen LogP contribution in [-0.4, -0.2) is 59.9 Å². The minimum Gasteiger partial charge on any atom is -0.352 e. The fraction of sp³-hybridized carbons (Fsp3) is 0.278. The second-order valence-electron chi connectivity index (χ2n) is 6.74. The molecule has 1 aromatic carbocycles. The molecule has 0 atom stereocenters. The molecule has 0 unspecified atom stereocenters. The lowest BCUT2D eigenvalue weighted by Crippen LogP contribution is -2.49. The summed E-state index contributed by atoms with van der Waals surface area (Å²) >= 11 is 0. The quantitative estimate of drug-likeness (QED) is 0.631. The highest BCUT2D eigenvalue weighted by atomic mass is 32.2. The van der Waals surface area contributed by atoms with Crippen molar-refractivity contribution in [2.45, 2.75) is 11.8 Å². The molecule has 2 aliphatic heterocycles. The van der Waals surface area contributed by atoms with Gasteiger partial charge < -0.3 is 9.80 Å². The van der Waals surface area contributed by atoms with E-state index in [0.717, 1.165) is 30.2 Å². The molecule has 2 aromatic heterocycles. The van der Waals surface area contributed by atoms with Crippen LogP contribution >= 0.6 is 0 Å². The Morgan fingerprint density at radius 3 is 2.52 bits per heavy atom. The molecule has 1 fully saturated rings. The molecular weight excluding hydrogens is 364 g/mol. The van der Waals surface area contributed by atoms with Crippen LogP contribution in [-0.2, 0) is 10.0 Å². The maximum absolute atomic E-state index is 12.3. The number of benzene rings is 1. The Morgan fingerprint density at radius 2 is 1.70 bits per heavy atom. The first-order chi connectivity index (χ1) is 13.0. The molecule has 27 heavy (non-hydrogen) atoms. The molecule has 0 aliphatic carbocycles. The smallest absolute Gasteiger partial charge is 0.285 e. The van der Waals surface area contributed by atoms with Gasteiger partial charge in [0.05, 0.1) is 11.9 Å². The maximum atomic E-state index is 12.3. The lowest BCUT2D eigenvalue weighted by molar-refractivity contribution is 0.385. The molecule has 9 heteroatoms. The summed E-state index contributed by atoms with van der Waals surface area (Å²) in [7, 11) is -3.58. The van der Waals surface area contributed by atoms with E-state index in [1.807, 2.05) is 42.3 Å². The summed E-state index contributed by atoms with van der Waals surface area (Å²) in [5.74, 6) is 1.44. The number of sulfonamides is 1. The van der Waals surface area contributed by atoms with Crippen LogP contribution < -0.4 is 4.90 Å². The molecule has 4 heterocycles. The van der Waals surface area contributed by atoms with E-state index in [-0.39, 0.29) is 0 Å². The topological polar surface area (TPSA) is 83.2 Å². The van der Waals surface area contributed by atoms with Gasteiger partial charge in [-0.1, -0.05) is 12.1 Å². The van der Waals surface area contributed by atoms with E-state index in [1.54, 1.807) is 16.6 Å². The number of hydrogen-bond donors (Lipinski definition) is 0. The molecule has 0 spiro atoms. The van der Waals surface area contributed by atoms with Crippen LogP contribution in [0.4, 0.5) is 5.82 Å². The lowest BCUT2D eigenvalue weighted by Gasteiger charge is -2.36. The average Bonchev–Trinajstić information content (AvgIpc) is 3.18. The summed E-state index contributed by atoms with van der Waals surface area (Å²) in [6.07, 6.45) is 1.91. The Hall–Kier alpha value is -2.94. The van der Waals surface area contributed by atoms with Gasteiger partial charge >= 0.3 is 0 Å². The van der Waals surface area contributed by atoms with Gasteiger partial charge in [0.25, 0.3) is 10.0 Å². The number of nitrogens with zero attached hydrogens (tertiary/aromatic N) is 6. The van der Waals surface area contributed by atoms with Crippen molar-refractivity contribution in [1.82, 2.24) is 19.5 Å². The van der Waals surface area contributed by atoms with Crippen molar-refractivity contribution in [3.8, 4) is 0 Å². The van der Waals surface area contributed by atoms with Crippen molar-refractivity contribution < 1.29 is 8.42 Å². The van der Waals surface area contributed by atoms with E-state index in [4.69, 9.17) is 0 Å². The van der Waals surface area contributed by atoms with Crippen LogP contribution in [0.25, 0.3) is 5.65 Å². The Morgan fingerprint density at radius 1 is 0.963 bits per heavy atom. The van der Waals surface area contributed by atoms with E-state index < -0.39 is 10.0 Å². The maximum Gasteiger partial charge on any atom is 0.285 e. The van der Waals surface area contributed by atoms with Gasteiger partial charge in [0.2, 0.25) is 0 Å². The Labute approximate surface area is 156 Å². The molecule has 138 valence electrons. The van der Waals surface area contributed by atoms with Crippen molar-refractivity contribution in [2.24, 2.45) is 4.40 Å². The molecule has 8 nitrogen and oxygen atoms in total. The van der Waals surface area contributed by atoms with Gasteiger partial charge in [-0.05, 0) is 31.2 Å². The SMILES string of the molecule is Cc1cn2nc(N3CCN(C4=NS(=O)(=O)c5ccccc54)CC3)ccc2n1. The second-order valence-corrected chi connectivity index (χ2v) is 8.31. The minimum atomic E-state index is -3.58. The zero-order valence-electron chi connectivity index (χ0n) is 14.8. The summed E-state index contributed by atoms with van der Waals surface area (Å²) in [6, 6.07) is 10.9. The van der Waals surface area contributed by atoms with E-state index in [0.29, 0.717) is 29.4 Å². The largest absolute Gasteiger partial charge is 0.352 e. The minimum absolute atomic E-state index is 0.296. The number of amidine groups is 1. The Balaban J connectivity index is 1.37. The van der Waals surface area contributed by atoms with Crippen LogP contribution in [0.3, 0.4) is 0 Å². The molecule has 5 rings (SSSR count). The summed E-state index contributed by atoms with van der Waals surface area (Å²) in [5.41, 5.74) is 2.46. The molecule has 0 bridgehead atoms. The summed E-state index contributed by atoms with van der Waals surface area (Å²) in [6.45, 7) is 4.80. The first kappa shape index (κ1) is 16.2. The summed E-state index contributed by atoms with van der Waals surface area (Å²) in [5, 5.41) is 4.64. The summed E-state index contributed by atoms with van der Waals surface area (Å²) < 4.78 is 30.4. The van der Waals surface area contributed by atoms with Crippen LogP contribution in [0, 0.1) is 6.92 Å². The molecule has 2 aliphatic rings. The summed E-state index contributed by atoms with van der Waals surface area (Å²) in [4.78, 5) is 8.93. The lowest BCUT2D eigenvalue weighted by atomic mass is 10.1. The number of anilines is 1. The number of rotatable bonds is 1. The van der Waals surface area contributed by atoms with Gasteiger partial charge in [0.15, 0.2) is 11.5 Å². The van der Waals surface area contributed by atoms with Crippen molar-refractivity contribution in [3.63, 3.8) is 0 Å². The van der Waals surface area contributed by atoms with E-state index in [9.17, 15) is 8.42 Å². The van der Waals surface area contributed by atoms with Gasteiger partial charge in [-0.2, -0.15) is 8.42 Å². The molecule has 1 saturated heterocycles. The van der Waals surface area contributed by atoms with Crippen molar-refractivity contribution in [2.75, 3.05) is 31.1 Å². The third kappa shape index (κ3) is 2.66. The van der Waals surface area contributed by atoms with Gasteiger partial charge in [0.1, 0.15) is 10.7 Å². The molecule has 0 amide bonds. The average molecular weight is 382 g/mol. The van der Waals surface area contributed by atoms with Crippen molar-refractivity contribution in [3.05, 3.63) is 53.9 Å². The van der Waals surface area contributed by atoms with Crippen LogP contribution in [0.15, 0.2) is 51.9 Å². The Kier molecular flexibility index (Phi) is 3.48. The van der Waals surface area contributed by atoms with Gasteiger partial charge in [-0.3, -0.25) is 0 Å². The first-order valence-corrected chi connectivity index (χ1v) is 10.2. The number of aryl methyl sites for hydroxylation is 1. The predicted molar refractivity (Wildman–Crippen MR) is 102 cm³/mol. The van der Waals surface area contributed by atoms with Crippen LogP contribution in [0.5, 0.6) is 0 Å². The molecule has 0 radical (unpaired) electrons. The Bertz CT molecular complexity index is 1180. The highest BCUT2D eigenvalue weighted by Gasteiger charge is 2.33. The second kappa shape index (κ2) is 5.78. The van der Waals surface area contributed by atoms with Crippen LogP contribution in [0.2, 0.25) is 0 Å². The number of aromatic nitrogens is 3. The molecule has 0 N–H and O–H groups in total. The molecule has 3 aromatic rings. The van der Waals surface area contributed by atoms with Gasteiger partial charge in [0, 0.05) is 31.7 Å². The normalized spacial score (nSPS) is 18.6. The van der Waals surface area contributed by atoms with Crippen molar-refractivity contribution >= 4 is 27.3 Å². The number of hydrogen-bond acceptors (Lipinski definition) is 6. The number of fused-ring (bicyclic) bond motifs is 2. The highest BCUT2D eigenvalue weighted by molar-refractivity contribution is 7.90. The molecule has 0 saturated carbocycles. The van der Waals surface area contributed by atoms with E-state index >= 15 is 0 Å². The third-order valence-electron chi connectivity index (χ3n) is 4.94. The predicted octanol–water partition coefficient (Wildman–Crippen LogP) is 1.31. The number of imidazole rings is 1. The third-order valence-corrected chi connectivity index (χ3v) is 6.27. The van der Waals surface area contributed by atoms with Gasteiger partial charge in [-0.15, -0.1) is 9.50 Å². The fourth-order valence-corrected chi connectivity index (χ4v) is 4.85. The van der Waals surface area contributed by atoms with Gasteiger partial charge in [-0.25, -0.2) is 9.50 Å². The zero-order chi connectivity index (χ0) is 18.6. The first-order valence-electron chi connectivity index (χ1n) is 8.79. The van der Waals surface area contributed by atoms with E-state index in [1.165, 1.54) is 0 Å². The van der Waals surface area contributed by atoms with E-state index in [2.05, 4.69) is 19.4 Å². The standard InChI is InChI=1S/C18H18N6O2S/c1-13-12-24-16(19-13)6-7-17(20-24)22-8-10-23(11-9-22)18-14-4-2-3-5-15(14)27(25,26)21-18/h2-7,12H,8-11H2,1H3. The van der Waals surface area contributed by atoms with Crippen LogP contribution in [0.1, 0.15) is 11.3 Å². The number of piperazine rings is 1. The fourth-order valence-electron chi connectivity index (χ4n) is 3.62.